The molecular weight excluding hydrogens is 483 g/mol. The zero-order chi connectivity index (χ0) is 24.0. The van der Waals surface area contributed by atoms with Gasteiger partial charge in [0.2, 0.25) is 0 Å². The number of ether oxygens (including phenoxy) is 2. The molecule has 3 aromatic carbocycles. The summed E-state index contributed by atoms with van der Waals surface area (Å²) in [6, 6.07) is 17.5. The number of nitrogens with one attached hydrogen (secondary N) is 1. The summed E-state index contributed by atoms with van der Waals surface area (Å²) in [5, 5.41) is 13.6. The van der Waals surface area contributed by atoms with Crippen LogP contribution in [0.5, 0.6) is 11.5 Å². The van der Waals surface area contributed by atoms with Crippen LogP contribution in [0, 0.1) is 18.3 Å². The predicted molar refractivity (Wildman–Crippen MR) is 132 cm³/mol. The van der Waals surface area contributed by atoms with Crippen LogP contribution in [-0.4, -0.2) is 13.0 Å². The number of rotatable bonds is 7. The van der Waals surface area contributed by atoms with Crippen LogP contribution in [0.25, 0.3) is 6.08 Å². The monoisotopic (exact) mass is 500 g/mol. The molecule has 8 heteroatoms. The molecule has 0 aliphatic rings. The highest BCUT2D eigenvalue weighted by molar-refractivity contribution is 6.32. The van der Waals surface area contributed by atoms with Crippen LogP contribution >= 0.6 is 34.8 Å². The number of benzene rings is 3. The maximum Gasteiger partial charge on any atom is 0.266 e. The molecule has 3 rings (SSSR count). The maximum absolute atomic E-state index is 12.7. The second-order valence-electron chi connectivity index (χ2n) is 7.03. The van der Waals surface area contributed by atoms with Gasteiger partial charge in [-0.2, -0.15) is 5.26 Å². The first kappa shape index (κ1) is 24.5. The number of nitrogens with zero attached hydrogens (tertiary/aromatic N) is 1. The lowest BCUT2D eigenvalue weighted by Gasteiger charge is -2.14. The number of methoxy groups -OCH3 is 1. The highest BCUT2D eigenvalue weighted by Gasteiger charge is 2.15. The van der Waals surface area contributed by atoms with E-state index in [1.807, 2.05) is 25.1 Å². The Balaban J connectivity index is 1.83. The summed E-state index contributed by atoms with van der Waals surface area (Å²) in [6.07, 6.45) is 1.42. The number of anilines is 1. The Morgan fingerprint density at radius 1 is 1.06 bits per heavy atom. The molecule has 33 heavy (non-hydrogen) atoms. The minimum atomic E-state index is -0.568. The number of nitriles is 1. The Morgan fingerprint density at radius 2 is 1.76 bits per heavy atom. The van der Waals surface area contributed by atoms with E-state index in [0.29, 0.717) is 32.8 Å². The molecule has 1 N–H and O–H groups in total. The number of carbonyl (C=O) groups is 1. The Hall–Kier alpha value is -3.17. The molecule has 0 fully saturated rings. The maximum atomic E-state index is 12.7. The lowest BCUT2D eigenvalue weighted by Crippen LogP contribution is -2.14. The van der Waals surface area contributed by atoms with E-state index in [9.17, 15) is 10.1 Å². The minimum Gasteiger partial charge on any atom is -0.493 e. The molecule has 0 saturated carbocycles. The molecule has 0 heterocycles. The lowest BCUT2D eigenvalue weighted by atomic mass is 10.1. The van der Waals surface area contributed by atoms with Crippen LogP contribution in [0.15, 0.2) is 60.2 Å². The smallest absolute Gasteiger partial charge is 0.266 e. The molecule has 5 nitrogen and oxygen atoms in total. The van der Waals surface area contributed by atoms with Crippen molar-refractivity contribution in [1.82, 2.24) is 0 Å². The standard InChI is InChI=1S/C25H19Cl3N2O3/c1-15-3-6-20(27)12-22(15)30-25(31)18(13-29)9-17-10-21(28)24(23(11-17)32-2)33-14-16-4-7-19(26)8-5-16/h3-12H,14H2,1-2H3,(H,30,31)/b18-9+. The largest absolute Gasteiger partial charge is 0.493 e. The summed E-state index contributed by atoms with van der Waals surface area (Å²) in [5.74, 6) is 0.149. The van der Waals surface area contributed by atoms with Crippen molar-refractivity contribution in [2.75, 3.05) is 12.4 Å². The average Bonchev–Trinajstić information content (AvgIpc) is 2.79. The van der Waals surface area contributed by atoms with Crippen molar-refractivity contribution in [1.29, 1.82) is 5.26 Å². The third kappa shape index (κ3) is 6.43. The molecule has 0 spiro atoms. The molecule has 0 atom stereocenters. The number of carbonyl (C=O) groups excluding carboxylic acids is 1. The fourth-order valence-corrected chi connectivity index (χ4v) is 3.50. The second-order valence-corrected chi connectivity index (χ2v) is 8.31. The molecule has 0 aliphatic heterocycles. The van der Waals surface area contributed by atoms with E-state index < -0.39 is 5.91 Å². The Morgan fingerprint density at radius 3 is 2.42 bits per heavy atom. The summed E-state index contributed by atoms with van der Waals surface area (Å²) in [6.45, 7) is 2.09. The number of amides is 1. The second kappa shape index (κ2) is 11.1. The van der Waals surface area contributed by atoms with Gasteiger partial charge in [0.15, 0.2) is 11.5 Å². The molecule has 0 unspecified atom stereocenters. The summed E-state index contributed by atoms with van der Waals surface area (Å²) in [7, 11) is 1.48. The van der Waals surface area contributed by atoms with E-state index in [1.165, 1.54) is 13.2 Å². The average molecular weight is 502 g/mol. The van der Waals surface area contributed by atoms with E-state index >= 15 is 0 Å². The van der Waals surface area contributed by atoms with Gasteiger partial charge in [-0.1, -0.05) is 53.0 Å². The molecule has 0 saturated heterocycles. The van der Waals surface area contributed by atoms with Crippen molar-refractivity contribution < 1.29 is 14.3 Å². The third-order valence-electron chi connectivity index (χ3n) is 4.67. The van der Waals surface area contributed by atoms with Gasteiger partial charge in [0.25, 0.3) is 5.91 Å². The molecule has 0 radical (unpaired) electrons. The normalized spacial score (nSPS) is 11.0. The number of halogens is 3. The Labute approximate surface area is 207 Å². The van der Waals surface area contributed by atoms with Crippen LogP contribution in [0.1, 0.15) is 16.7 Å². The fourth-order valence-electron chi connectivity index (χ4n) is 2.93. The molecule has 0 aliphatic carbocycles. The van der Waals surface area contributed by atoms with Crippen molar-refractivity contribution in [3.63, 3.8) is 0 Å². The number of hydrogen-bond donors (Lipinski definition) is 1. The lowest BCUT2D eigenvalue weighted by molar-refractivity contribution is -0.112. The highest BCUT2D eigenvalue weighted by atomic mass is 35.5. The first-order valence-electron chi connectivity index (χ1n) is 9.74. The van der Waals surface area contributed by atoms with Crippen molar-refractivity contribution in [3.05, 3.63) is 91.9 Å². The summed E-state index contributed by atoms with van der Waals surface area (Å²) in [5.41, 5.74) is 2.64. The van der Waals surface area contributed by atoms with Gasteiger partial charge >= 0.3 is 0 Å². The van der Waals surface area contributed by atoms with Gasteiger partial charge in [-0.15, -0.1) is 0 Å². The SMILES string of the molecule is COc1cc(/C=C(\C#N)C(=O)Nc2cc(Cl)ccc2C)cc(Cl)c1OCc1ccc(Cl)cc1. The molecular formula is C25H19Cl3N2O3. The topological polar surface area (TPSA) is 71.3 Å². The Kier molecular flexibility index (Phi) is 8.24. The first-order valence-corrected chi connectivity index (χ1v) is 10.9. The molecule has 0 bridgehead atoms. The predicted octanol–water partition coefficient (Wildman–Crippen LogP) is 7.09. The van der Waals surface area contributed by atoms with E-state index in [0.717, 1.165) is 11.1 Å². The van der Waals surface area contributed by atoms with E-state index in [4.69, 9.17) is 44.3 Å². The van der Waals surface area contributed by atoms with E-state index in [-0.39, 0.29) is 17.2 Å². The van der Waals surface area contributed by atoms with Gasteiger partial charge < -0.3 is 14.8 Å². The van der Waals surface area contributed by atoms with Crippen LogP contribution < -0.4 is 14.8 Å². The van der Waals surface area contributed by atoms with Gasteiger partial charge in [-0.05, 0) is 66.1 Å². The van der Waals surface area contributed by atoms with Crippen molar-refractivity contribution in [2.45, 2.75) is 13.5 Å². The molecule has 168 valence electrons. The molecule has 1 amide bonds. The summed E-state index contributed by atoms with van der Waals surface area (Å²) in [4.78, 5) is 12.7. The van der Waals surface area contributed by atoms with Crippen LogP contribution in [0.3, 0.4) is 0 Å². The summed E-state index contributed by atoms with van der Waals surface area (Å²) >= 11 is 18.3. The van der Waals surface area contributed by atoms with Crippen LogP contribution in [0.4, 0.5) is 5.69 Å². The fraction of sp³-hybridized carbons (Fsp3) is 0.120. The van der Waals surface area contributed by atoms with Crippen LogP contribution in [-0.2, 0) is 11.4 Å². The Bertz CT molecular complexity index is 1250. The van der Waals surface area contributed by atoms with E-state index in [2.05, 4.69) is 5.32 Å². The zero-order valence-electron chi connectivity index (χ0n) is 17.8. The first-order chi connectivity index (χ1) is 15.8. The summed E-state index contributed by atoms with van der Waals surface area (Å²) < 4.78 is 11.3. The van der Waals surface area contributed by atoms with Gasteiger partial charge in [0.05, 0.1) is 12.1 Å². The van der Waals surface area contributed by atoms with Gasteiger partial charge in [-0.25, -0.2) is 0 Å². The minimum absolute atomic E-state index is 0.109. The third-order valence-corrected chi connectivity index (χ3v) is 5.44. The van der Waals surface area contributed by atoms with Crippen molar-refractivity contribution in [2.24, 2.45) is 0 Å². The van der Waals surface area contributed by atoms with Crippen LogP contribution in [0.2, 0.25) is 15.1 Å². The van der Waals surface area contributed by atoms with Crippen molar-refractivity contribution >= 4 is 52.5 Å². The number of aryl methyl sites for hydroxylation is 1. The molecule has 0 aromatic heterocycles. The highest BCUT2D eigenvalue weighted by Crippen LogP contribution is 2.37. The van der Waals surface area contributed by atoms with E-state index in [1.54, 1.807) is 42.5 Å². The van der Waals surface area contributed by atoms with Gasteiger partial charge in [0, 0.05) is 15.7 Å². The number of hydrogen-bond acceptors (Lipinski definition) is 4. The van der Waals surface area contributed by atoms with Gasteiger partial charge in [-0.3, -0.25) is 4.79 Å². The van der Waals surface area contributed by atoms with Gasteiger partial charge in [0.1, 0.15) is 18.2 Å². The zero-order valence-corrected chi connectivity index (χ0v) is 20.1. The molecule has 3 aromatic rings. The quantitative estimate of drug-likeness (QED) is 0.277. The van der Waals surface area contributed by atoms with Crippen molar-refractivity contribution in [3.8, 4) is 17.6 Å².